The molecule has 1 atom stereocenters. The summed E-state index contributed by atoms with van der Waals surface area (Å²) in [6.07, 6.45) is 1.02. The minimum atomic E-state index is -3.33. The van der Waals surface area contributed by atoms with E-state index in [1.54, 1.807) is 42.5 Å². The molecule has 0 radical (unpaired) electrons. The number of anilines is 1. The van der Waals surface area contributed by atoms with Crippen molar-refractivity contribution in [2.75, 3.05) is 30.5 Å². The molecule has 9 nitrogen and oxygen atoms in total. The van der Waals surface area contributed by atoms with E-state index >= 15 is 0 Å². The summed E-state index contributed by atoms with van der Waals surface area (Å²) < 4.78 is 35.2. The number of nitrogens with one attached hydrogen (secondary N) is 2. The first-order chi connectivity index (χ1) is 15.3. The van der Waals surface area contributed by atoms with E-state index in [2.05, 4.69) is 15.6 Å². The van der Waals surface area contributed by atoms with Gasteiger partial charge in [0.15, 0.2) is 16.6 Å². The van der Waals surface area contributed by atoms with E-state index in [0.29, 0.717) is 40.9 Å². The fourth-order valence-electron chi connectivity index (χ4n) is 3.14. The number of amides is 2. The minimum absolute atomic E-state index is 0.0654. The van der Waals surface area contributed by atoms with Gasteiger partial charge < -0.3 is 20.1 Å². The van der Waals surface area contributed by atoms with Crippen LogP contribution in [-0.2, 0) is 14.6 Å². The molecule has 2 heterocycles. The molecule has 1 aliphatic rings. The number of ether oxygens (including phenoxy) is 2. The topological polar surface area (TPSA) is 124 Å². The Morgan fingerprint density at radius 3 is 2.50 bits per heavy atom. The molecule has 0 unspecified atom stereocenters. The lowest BCUT2D eigenvalue weighted by Gasteiger charge is -2.17. The van der Waals surface area contributed by atoms with Crippen molar-refractivity contribution in [1.82, 2.24) is 10.3 Å². The molecule has 4 rings (SSSR count). The molecule has 2 N–H and O–H groups in total. The number of sulfone groups is 1. The van der Waals surface area contributed by atoms with Crippen LogP contribution < -0.4 is 20.1 Å². The monoisotopic (exact) mass is 475 g/mol. The number of fused-ring (bicyclic) bond motifs is 2. The van der Waals surface area contributed by atoms with Gasteiger partial charge in [-0.05, 0) is 18.6 Å². The average Bonchev–Trinajstić information content (AvgIpc) is 3.15. The predicted octanol–water partition coefficient (Wildman–Crippen LogP) is 2.24. The first-order valence-corrected chi connectivity index (χ1v) is 12.7. The Balaban J connectivity index is 1.52. The van der Waals surface area contributed by atoms with Crippen LogP contribution in [0.1, 0.15) is 16.8 Å². The Hall–Kier alpha value is -3.18. The van der Waals surface area contributed by atoms with Gasteiger partial charge in [-0.25, -0.2) is 13.4 Å². The van der Waals surface area contributed by atoms with Crippen LogP contribution in [0.2, 0.25) is 0 Å². The fraction of sp³-hybridized carbons (Fsp3) is 0.286. The van der Waals surface area contributed by atoms with E-state index in [0.717, 1.165) is 11.0 Å². The normalized spacial score (nSPS) is 14.0. The number of carbonyl (C=O) groups is 2. The number of rotatable bonds is 7. The van der Waals surface area contributed by atoms with Gasteiger partial charge in [0.2, 0.25) is 5.91 Å². The van der Waals surface area contributed by atoms with Gasteiger partial charge in [-0.15, -0.1) is 0 Å². The molecule has 0 fully saturated rings. The van der Waals surface area contributed by atoms with Crippen molar-refractivity contribution >= 4 is 48.3 Å². The van der Waals surface area contributed by atoms with Crippen molar-refractivity contribution in [2.24, 2.45) is 0 Å². The SMILES string of the molecule is CS(=O)(=O)CC[C@H](NC(=O)c1ccccc1)C(=O)Nc1nc2cc3c(cc2s1)OCCO3. The van der Waals surface area contributed by atoms with Crippen LogP contribution in [0.3, 0.4) is 0 Å². The highest BCUT2D eigenvalue weighted by Gasteiger charge is 2.24. The van der Waals surface area contributed by atoms with Crippen molar-refractivity contribution in [1.29, 1.82) is 0 Å². The summed E-state index contributed by atoms with van der Waals surface area (Å²) in [5.41, 5.74) is 1.01. The van der Waals surface area contributed by atoms with Crippen LogP contribution in [0.5, 0.6) is 11.5 Å². The highest BCUT2D eigenvalue weighted by molar-refractivity contribution is 7.90. The van der Waals surface area contributed by atoms with Crippen molar-refractivity contribution < 1.29 is 27.5 Å². The third-order valence-electron chi connectivity index (χ3n) is 4.72. The third-order valence-corrected chi connectivity index (χ3v) is 6.63. The van der Waals surface area contributed by atoms with Crippen LogP contribution in [0.15, 0.2) is 42.5 Å². The Labute approximate surface area is 188 Å². The summed E-state index contributed by atoms with van der Waals surface area (Å²) in [7, 11) is -3.33. The number of aromatic nitrogens is 1. The Kier molecular flexibility index (Phi) is 6.28. The molecule has 11 heteroatoms. The summed E-state index contributed by atoms with van der Waals surface area (Å²) >= 11 is 1.25. The van der Waals surface area contributed by atoms with Gasteiger partial charge in [-0.3, -0.25) is 9.59 Å². The maximum Gasteiger partial charge on any atom is 0.251 e. The molecule has 168 valence electrons. The molecular weight excluding hydrogens is 454 g/mol. The van der Waals surface area contributed by atoms with E-state index in [4.69, 9.17) is 9.47 Å². The molecule has 0 saturated heterocycles. The zero-order chi connectivity index (χ0) is 22.7. The Morgan fingerprint density at radius 2 is 1.81 bits per heavy atom. The number of hydrogen-bond donors (Lipinski definition) is 2. The molecule has 32 heavy (non-hydrogen) atoms. The molecule has 0 spiro atoms. The van der Waals surface area contributed by atoms with E-state index in [1.807, 2.05) is 0 Å². The lowest BCUT2D eigenvalue weighted by atomic mass is 10.1. The molecular formula is C21H21N3O6S2. The minimum Gasteiger partial charge on any atom is -0.486 e. The van der Waals surface area contributed by atoms with Crippen LogP contribution in [0.4, 0.5) is 5.13 Å². The Bertz CT molecular complexity index is 1210. The molecule has 3 aromatic rings. The van der Waals surface area contributed by atoms with Gasteiger partial charge in [-0.2, -0.15) is 0 Å². The van der Waals surface area contributed by atoms with Crippen molar-refractivity contribution in [3.05, 3.63) is 48.0 Å². The second kappa shape index (κ2) is 9.13. The lowest BCUT2D eigenvalue weighted by molar-refractivity contribution is -0.118. The quantitative estimate of drug-likeness (QED) is 0.537. The lowest BCUT2D eigenvalue weighted by Crippen LogP contribution is -2.44. The number of thiazole rings is 1. The molecule has 1 aliphatic heterocycles. The average molecular weight is 476 g/mol. The van der Waals surface area contributed by atoms with E-state index < -0.39 is 27.7 Å². The summed E-state index contributed by atoms with van der Waals surface area (Å²) in [5, 5.41) is 5.64. The maximum absolute atomic E-state index is 12.9. The smallest absolute Gasteiger partial charge is 0.251 e. The van der Waals surface area contributed by atoms with E-state index in [1.165, 1.54) is 11.3 Å². The number of nitrogens with zero attached hydrogens (tertiary/aromatic N) is 1. The zero-order valence-corrected chi connectivity index (χ0v) is 18.8. The van der Waals surface area contributed by atoms with E-state index in [9.17, 15) is 18.0 Å². The van der Waals surface area contributed by atoms with Crippen molar-refractivity contribution in [3.63, 3.8) is 0 Å². The summed E-state index contributed by atoms with van der Waals surface area (Å²) in [6.45, 7) is 0.916. The fourth-order valence-corrected chi connectivity index (χ4v) is 4.69. The summed E-state index contributed by atoms with van der Waals surface area (Å²) in [4.78, 5) is 29.9. The van der Waals surface area contributed by atoms with Crippen LogP contribution in [0, 0.1) is 0 Å². The number of carbonyl (C=O) groups excluding carboxylic acids is 2. The molecule has 1 aromatic heterocycles. The van der Waals surface area contributed by atoms with Gasteiger partial charge in [0.25, 0.3) is 5.91 Å². The number of benzene rings is 2. The highest BCUT2D eigenvalue weighted by Crippen LogP contribution is 2.37. The van der Waals surface area contributed by atoms with Crippen LogP contribution >= 0.6 is 11.3 Å². The van der Waals surface area contributed by atoms with E-state index in [-0.39, 0.29) is 12.2 Å². The standard InChI is InChI=1S/C21H21N3O6S2/c1-32(27,28)10-7-14(22-19(25)13-5-3-2-4-6-13)20(26)24-21-23-15-11-16-17(12-18(15)31-21)30-9-8-29-16/h2-6,11-12,14H,7-10H2,1H3,(H,22,25)(H,23,24,26)/t14-/m0/s1. The maximum atomic E-state index is 12.9. The predicted molar refractivity (Wildman–Crippen MR) is 121 cm³/mol. The Morgan fingerprint density at radius 1 is 1.12 bits per heavy atom. The first-order valence-electron chi connectivity index (χ1n) is 9.83. The second-order valence-electron chi connectivity index (χ2n) is 7.28. The zero-order valence-electron chi connectivity index (χ0n) is 17.2. The molecule has 0 aliphatic carbocycles. The van der Waals surface area contributed by atoms with Gasteiger partial charge in [0, 0.05) is 24.0 Å². The third kappa shape index (κ3) is 5.35. The van der Waals surface area contributed by atoms with Crippen molar-refractivity contribution in [2.45, 2.75) is 12.5 Å². The summed E-state index contributed by atoms with van der Waals surface area (Å²) in [6, 6.07) is 10.9. The molecule has 0 bridgehead atoms. The van der Waals surface area contributed by atoms with Gasteiger partial charge in [0.1, 0.15) is 29.1 Å². The second-order valence-corrected chi connectivity index (χ2v) is 10.6. The van der Waals surface area contributed by atoms with Gasteiger partial charge in [-0.1, -0.05) is 29.5 Å². The molecule has 2 aromatic carbocycles. The van der Waals surface area contributed by atoms with Crippen LogP contribution in [-0.4, -0.2) is 56.5 Å². The van der Waals surface area contributed by atoms with Gasteiger partial charge in [0.05, 0.1) is 16.0 Å². The first kappa shape index (κ1) is 22.0. The highest BCUT2D eigenvalue weighted by atomic mass is 32.2. The molecule has 2 amide bonds. The molecule has 0 saturated carbocycles. The largest absolute Gasteiger partial charge is 0.486 e. The number of hydrogen-bond acceptors (Lipinski definition) is 8. The van der Waals surface area contributed by atoms with Crippen LogP contribution in [0.25, 0.3) is 10.2 Å². The summed E-state index contributed by atoms with van der Waals surface area (Å²) in [5.74, 6) is -0.0548. The van der Waals surface area contributed by atoms with Crippen molar-refractivity contribution in [3.8, 4) is 11.5 Å². The van der Waals surface area contributed by atoms with Gasteiger partial charge >= 0.3 is 0 Å².